The predicted octanol–water partition coefficient (Wildman–Crippen LogP) is 2.14. The topological polar surface area (TPSA) is 117 Å². The lowest BCUT2D eigenvalue weighted by molar-refractivity contribution is -0.116. The average Bonchev–Trinajstić information content (AvgIpc) is 2.83. The Balaban J connectivity index is 1.30. The lowest BCUT2D eigenvalue weighted by Gasteiger charge is -2.27. The van der Waals surface area contributed by atoms with Crippen molar-refractivity contribution in [3.8, 4) is 0 Å². The first-order valence-electron chi connectivity index (χ1n) is 11.5. The normalized spacial score (nSPS) is 18.3. The molecule has 2 aliphatic heterocycles. The van der Waals surface area contributed by atoms with Crippen molar-refractivity contribution in [2.75, 3.05) is 55.8 Å². The Labute approximate surface area is 210 Å². The molecular formula is C24H29ClN4O5S. The predicted molar refractivity (Wildman–Crippen MR) is 136 cm³/mol. The van der Waals surface area contributed by atoms with Crippen molar-refractivity contribution in [1.29, 1.82) is 0 Å². The lowest BCUT2D eigenvalue weighted by atomic mass is 10.1. The number of benzene rings is 2. The zero-order chi connectivity index (χ0) is 24.8. The molecule has 2 aromatic carbocycles. The minimum absolute atomic E-state index is 0.187. The van der Waals surface area contributed by atoms with Gasteiger partial charge in [-0.25, -0.2) is 8.42 Å². The maximum Gasteiger partial charge on any atom is 0.251 e. The van der Waals surface area contributed by atoms with E-state index in [1.807, 2.05) is 0 Å². The van der Waals surface area contributed by atoms with Crippen molar-refractivity contribution in [3.05, 3.63) is 58.6 Å². The summed E-state index contributed by atoms with van der Waals surface area (Å²) in [5.41, 5.74) is 2.04. The first kappa shape index (κ1) is 25.4. The Morgan fingerprint density at radius 2 is 1.86 bits per heavy atom. The number of halogens is 1. The van der Waals surface area contributed by atoms with E-state index < -0.39 is 21.8 Å². The molecule has 11 heteroatoms. The largest absolute Gasteiger partial charge is 0.379 e. The molecular weight excluding hydrogens is 492 g/mol. The number of carbonyl (C=O) groups is 2. The number of anilines is 2. The molecule has 0 aliphatic carbocycles. The highest BCUT2D eigenvalue weighted by molar-refractivity contribution is 7.90. The highest BCUT2D eigenvalue weighted by atomic mass is 35.5. The van der Waals surface area contributed by atoms with Gasteiger partial charge in [0.15, 0.2) is 9.84 Å². The SMILES string of the molecule is O=C(NCCCN1CCOCC1)c1ccc2c(c1)NC(=O)[C@@H](CS(=O)(=O)Cc1ccc(Cl)cc1)N2. The Morgan fingerprint density at radius 3 is 2.60 bits per heavy atom. The molecule has 0 aromatic heterocycles. The zero-order valence-electron chi connectivity index (χ0n) is 19.3. The zero-order valence-corrected chi connectivity index (χ0v) is 20.8. The van der Waals surface area contributed by atoms with Gasteiger partial charge in [-0.15, -0.1) is 0 Å². The van der Waals surface area contributed by atoms with Crippen molar-refractivity contribution in [2.24, 2.45) is 0 Å². The van der Waals surface area contributed by atoms with Crippen LogP contribution in [0.5, 0.6) is 0 Å². The molecule has 2 amide bonds. The van der Waals surface area contributed by atoms with E-state index in [1.54, 1.807) is 42.5 Å². The van der Waals surface area contributed by atoms with Crippen molar-refractivity contribution < 1.29 is 22.7 Å². The molecule has 0 bridgehead atoms. The van der Waals surface area contributed by atoms with Crippen molar-refractivity contribution >= 4 is 44.6 Å². The van der Waals surface area contributed by atoms with Gasteiger partial charge in [-0.2, -0.15) is 0 Å². The van der Waals surface area contributed by atoms with E-state index in [0.29, 0.717) is 34.1 Å². The van der Waals surface area contributed by atoms with Gasteiger partial charge in [-0.3, -0.25) is 14.5 Å². The molecule has 3 N–H and O–H groups in total. The van der Waals surface area contributed by atoms with Crippen molar-refractivity contribution in [3.63, 3.8) is 0 Å². The first-order chi connectivity index (χ1) is 16.8. The number of nitrogens with one attached hydrogen (secondary N) is 3. The van der Waals surface area contributed by atoms with E-state index >= 15 is 0 Å². The van der Waals surface area contributed by atoms with Crippen molar-refractivity contribution in [1.82, 2.24) is 10.2 Å². The summed E-state index contributed by atoms with van der Waals surface area (Å²) in [5.74, 6) is -1.23. The molecule has 2 heterocycles. The number of sulfone groups is 1. The minimum Gasteiger partial charge on any atom is -0.379 e. The third-order valence-electron chi connectivity index (χ3n) is 5.95. The second kappa shape index (κ2) is 11.4. The minimum atomic E-state index is -3.57. The third kappa shape index (κ3) is 7.17. The van der Waals surface area contributed by atoms with Crippen LogP contribution in [0.25, 0.3) is 0 Å². The molecule has 0 spiro atoms. The number of hydrogen-bond donors (Lipinski definition) is 3. The van der Waals surface area contributed by atoms with Crippen LogP contribution in [0.2, 0.25) is 5.02 Å². The van der Waals surface area contributed by atoms with E-state index in [-0.39, 0.29) is 17.4 Å². The van der Waals surface area contributed by atoms with E-state index in [2.05, 4.69) is 20.9 Å². The second-order valence-corrected chi connectivity index (χ2v) is 11.2. The number of rotatable bonds is 9. The average molecular weight is 521 g/mol. The number of hydrogen-bond acceptors (Lipinski definition) is 7. The summed E-state index contributed by atoms with van der Waals surface area (Å²) in [6.45, 7) is 4.76. The highest BCUT2D eigenvalue weighted by Gasteiger charge is 2.30. The van der Waals surface area contributed by atoms with Gasteiger partial charge in [0.1, 0.15) is 6.04 Å². The molecule has 1 atom stereocenters. The second-order valence-electron chi connectivity index (χ2n) is 8.69. The fourth-order valence-corrected chi connectivity index (χ4v) is 5.77. The quantitative estimate of drug-likeness (QED) is 0.434. The highest BCUT2D eigenvalue weighted by Crippen LogP contribution is 2.28. The van der Waals surface area contributed by atoms with Gasteiger partial charge in [-0.05, 0) is 48.9 Å². The van der Waals surface area contributed by atoms with Crippen LogP contribution >= 0.6 is 11.6 Å². The number of amides is 2. The lowest BCUT2D eigenvalue weighted by Crippen LogP contribution is -2.43. The Morgan fingerprint density at radius 1 is 1.11 bits per heavy atom. The maximum absolute atomic E-state index is 12.7. The van der Waals surface area contributed by atoms with Crippen LogP contribution in [-0.4, -0.2) is 76.3 Å². The molecule has 188 valence electrons. The van der Waals surface area contributed by atoms with Crippen LogP contribution in [0.3, 0.4) is 0 Å². The maximum atomic E-state index is 12.7. The van der Waals surface area contributed by atoms with Gasteiger partial charge in [0.2, 0.25) is 5.91 Å². The number of fused-ring (bicyclic) bond motifs is 1. The molecule has 4 rings (SSSR count). The number of carbonyl (C=O) groups excluding carboxylic acids is 2. The monoisotopic (exact) mass is 520 g/mol. The van der Waals surface area contributed by atoms with E-state index in [0.717, 1.165) is 39.3 Å². The van der Waals surface area contributed by atoms with Gasteiger partial charge in [-0.1, -0.05) is 23.7 Å². The first-order valence-corrected chi connectivity index (χ1v) is 13.7. The van der Waals surface area contributed by atoms with E-state index in [9.17, 15) is 18.0 Å². The summed E-state index contributed by atoms with van der Waals surface area (Å²) < 4.78 is 30.7. The van der Waals surface area contributed by atoms with Crippen LogP contribution in [-0.2, 0) is 25.1 Å². The summed E-state index contributed by atoms with van der Waals surface area (Å²) >= 11 is 5.85. The van der Waals surface area contributed by atoms with Crippen LogP contribution in [0.1, 0.15) is 22.3 Å². The van der Waals surface area contributed by atoms with Gasteiger partial charge in [0.05, 0.1) is 36.1 Å². The Hall–Kier alpha value is -2.66. The smallest absolute Gasteiger partial charge is 0.251 e. The molecule has 2 aliphatic rings. The molecule has 9 nitrogen and oxygen atoms in total. The van der Waals surface area contributed by atoms with Gasteiger partial charge in [0, 0.05) is 30.2 Å². The third-order valence-corrected chi connectivity index (χ3v) is 7.81. The fourth-order valence-electron chi connectivity index (χ4n) is 4.08. The van der Waals surface area contributed by atoms with Crippen LogP contribution in [0.4, 0.5) is 11.4 Å². The summed E-state index contributed by atoms with van der Waals surface area (Å²) in [7, 11) is -3.57. The van der Waals surface area contributed by atoms with Crippen LogP contribution < -0.4 is 16.0 Å². The molecule has 0 radical (unpaired) electrons. The van der Waals surface area contributed by atoms with Crippen molar-refractivity contribution in [2.45, 2.75) is 18.2 Å². The number of morpholine rings is 1. The number of ether oxygens (including phenoxy) is 1. The fraction of sp³-hybridized carbons (Fsp3) is 0.417. The van der Waals surface area contributed by atoms with E-state index in [1.165, 1.54) is 0 Å². The molecule has 0 unspecified atom stereocenters. The Bertz CT molecular complexity index is 1170. The molecule has 0 saturated carbocycles. The van der Waals surface area contributed by atoms with Crippen LogP contribution in [0.15, 0.2) is 42.5 Å². The summed E-state index contributed by atoms with van der Waals surface area (Å²) in [5, 5.41) is 9.15. The van der Waals surface area contributed by atoms with Gasteiger partial charge >= 0.3 is 0 Å². The summed E-state index contributed by atoms with van der Waals surface area (Å²) in [6.07, 6.45) is 0.834. The number of nitrogens with zero attached hydrogens (tertiary/aromatic N) is 1. The van der Waals surface area contributed by atoms with Gasteiger partial charge < -0.3 is 20.7 Å². The standard InChI is InChI=1S/C24H29ClN4O5S/c25-19-5-2-17(3-6-19)15-35(32,33)16-22-24(31)28-21-14-18(4-7-20(21)27-22)23(30)26-8-1-9-29-10-12-34-13-11-29/h2-7,14,22,27H,1,8-13,15-16H2,(H,26,30)(H,28,31)/t22-/m1/s1. The summed E-state index contributed by atoms with van der Waals surface area (Å²) in [6, 6.07) is 10.6. The molecule has 2 aromatic rings. The van der Waals surface area contributed by atoms with E-state index in [4.69, 9.17) is 16.3 Å². The Kier molecular flexibility index (Phi) is 8.27. The molecule has 35 heavy (non-hydrogen) atoms. The summed E-state index contributed by atoms with van der Waals surface area (Å²) in [4.78, 5) is 27.5. The molecule has 1 saturated heterocycles. The van der Waals surface area contributed by atoms with Crippen LogP contribution in [0, 0.1) is 0 Å². The molecule has 1 fully saturated rings. The van der Waals surface area contributed by atoms with Gasteiger partial charge in [0.25, 0.3) is 5.91 Å².